The number of guanidine groups is 2. The maximum absolute atomic E-state index is 6.11. The van der Waals surface area contributed by atoms with Gasteiger partial charge in [-0.05, 0) is 49.2 Å². The predicted octanol–water partition coefficient (Wildman–Crippen LogP) is 2.52. The van der Waals surface area contributed by atoms with Crippen LogP contribution in [0.2, 0.25) is 0 Å². The number of nitrogens with zero attached hydrogens (tertiary/aromatic N) is 4. The highest BCUT2D eigenvalue weighted by Crippen LogP contribution is 2.25. The first-order valence-electron chi connectivity index (χ1n) is 9.54. The Kier molecular flexibility index (Phi) is 5.16. The molecule has 1 atom stereocenters. The highest BCUT2D eigenvalue weighted by atomic mass is 16.5. The summed E-state index contributed by atoms with van der Waals surface area (Å²) in [6, 6.07) is 16.5. The van der Waals surface area contributed by atoms with Gasteiger partial charge in [0.1, 0.15) is 0 Å². The monoisotopic (exact) mass is 378 g/mol. The van der Waals surface area contributed by atoms with Crippen LogP contribution >= 0.6 is 0 Å². The van der Waals surface area contributed by atoms with Crippen LogP contribution in [0.4, 0.5) is 11.4 Å². The van der Waals surface area contributed by atoms with Crippen LogP contribution in [0, 0.1) is 13.8 Å². The van der Waals surface area contributed by atoms with E-state index < -0.39 is 0 Å². The maximum Gasteiger partial charge on any atom is 0.222 e. The molecule has 1 saturated heterocycles. The zero-order chi connectivity index (χ0) is 19.5. The summed E-state index contributed by atoms with van der Waals surface area (Å²) in [5, 5.41) is 3.53. The summed E-state index contributed by atoms with van der Waals surface area (Å²) in [5.41, 5.74) is 10.5. The normalized spacial score (nSPS) is 19.9. The minimum absolute atomic E-state index is 0.274. The first kappa shape index (κ1) is 18.3. The van der Waals surface area contributed by atoms with Gasteiger partial charge in [-0.25, -0.2) is 4.99 Å². The van der Waals surface area contributed by atoms with Crippen molar-refractivity contribution in [2.75, 3.05) is 36.5 Å². The van der Waals surface area contributed by atoms with Crippen molar-refractivity contribution in [3.05, 3.63) is 59.7 Å². The minimum Gasteiger partial charge on any atom is -0.378 e. The summed E-state index contributed by atoms with van der Waals surface area (Å²) in [4.78, 5) is 13.5. The van der Waals surface area contributed by atoms with Crippen molar-refractivity contribution < 1.29 is 4.74 Å². The smallest absolute Gasteiger partial charge is 0.222 e. The number of hydrogen-bond acceptors (Lipinski definition) is 7. The number of benzene rings is 2. The van der Waals surface area contributed by atoms with Gasteiger partial charge >= 0.3 is 0 Å². The lowest BCUT2D eigenvalue weighted by Crippen LogP contribution is -2.57. The van der Waals surface area contributed by atoms with Crippen LogP contribution in [0.3, 0.4) is 0 Å². The first-order chi connectivity index (χ1) is 13.6. The lowest BCUT2D eigenvalue weighted by molar-refractivity contribution is 0.0671. The molecule has 7 nitrogen and oxygen atoms in total. The Morgan fingerprint density at radius 1 is 1.04 bits per heavy atom. The molecule has 7 heteroatoms. The van der Waals surface area contributed by atoms with Gasteiger partial charge in [-0.2, -0.15) is 4.99 Å². The van der Waals surface area contributed by atoms with Crippen molar-refractivity contribution in [2.24, 2.45) is 15.7 Å². The predicted molar refractivity (Wildman–Crippen MR) is 114 cm³/mol. The molecule has 0 amide bonds. The Hall–Kier alpha value is -3.06. The number of rotatable bonds is 3. The Balaban J connectivity index is 1.71. The lowest BCUT2D eigenvalue weighted by atomic mass is 10.1. The third-order valence-electron chi connectivity index (χ3n) is 4.77. The number of hydrogen-bond donors (Lipinski definition) is 2. The first-order valence-corrected chi connectivity index (χ1v) is 9.54. The summed E-state index contributed by atoms with van der Waals surface area (Å²) in [6.07, 6.45) is -0.390. The highest BCUT2D eigenvalue weighted by Gasteiger charge is 2.31. The molecule has 0 saturated carbocycles. The molecule has 0 radical (unpaired) electrons. The van der Waals surface area contributed by atoms with Crippen molar-refractivity contribution in [3.63, 3.8) is 0 Å². The van der Waals surface area contributed by atoms with Gasteiger partial charge in [0.25, 0.3) is 0 Å². The topological polar surface area (TPSA) is 78.5 Å². The molecule has 146 valence electrons. The quantitative estimate of drug-likeness (QED) is 0.858. The van der Waals surface area contributed by atoms with Crippen LogP contribution < -0.4 is 16.0 Å². The Morgan fingerprint density at radius 3 is 2.39 bits per heavy atom. The summed E-state index contributed by atoms with van der Waals surface area (Å²) >= 11 is 0. The van der Waals surface area contributed by atoms with Crippen molar-refractivity contribution in [1.82, 2.24) is 4.90 Å². The molecule has 3 N–H and O–H groups in total. The average Bonchev–Trinajstić information content (AvgIpc) is 2.68. The average molecular weight is 378 g/mol. The fraction of sp³-hybridized carbons (Fsp3) is 0.333. The standard InChI is InChI=1S/C21H26N6O/c1-15-12-16(2)14-17(13-15)23-20-24-19(22)25-21(26-8-10-28-11-9-26)27(20)18-6-4-3-5-7-18/h3-7,12-14,20,23H,8-11H2,1-2H3,(H2,22,24). The van der Waals surface area contributed by atoms with Crippen LogP contribution in [-0.2, 0) is 4.74 Å². The van der Waals surface area contributed by atoms with Gasteiger partial charge in [0.05, 0.1) is 13.2 Å². The van der Waals surface area contributed by atoms with E-state index in [1.54, 1.807) is 0 Å². The molecule has 0 aromatic heterocycles. The summed E-state index contributed by atoms with van der Waals surface area (Å²) in [7, 11) is 0. The van der Waals surface area contributed by atoms with E-state index in [4.69, 9.17) is 10.5 Å². The summed E-state index contributed by atoms with van der Waals surface area (Å²) < 4.78 is 5.51. The fourth-order valence-electron chi connectivity index (χ4n) is 3.61. The fourth-order valence-corrected chi connectivity index (χ4v) is 3.61. The van der Waals surface area contributed by atoms with Crippen molar-refractivity contribution in [3.8, 4) is 0 Å². The van der Waals surface area contributed by atoms with E-state index in [0.29, 0.717) is 13.2 Å². The number of aliphatic imine (C=N–C) groups is 2. The number of nitrogens with two attached hydrogens (primary N) is 1. The molecular weight excluding hydrogens is 352 g/mol. The molecule has 2 aromatic carbocycles. The van der Waals surface area contributed by atoms with E-state index in [1.165, 1.54) is 11.1 Å². The van der Waals surface area contributed by atoms with E-state index in [-0.39, 0.29) is 12.2 Å². The lowest BCUT2D eigenvalue weighted by Gasteiger charge is -2.41. The number of aryl methyl sites for hydroxylation is 2. The molecule has 0 spiro atoms. The van der Waals surface area contributed by atoms with E-state index in [1.807, 2.05) is 18.2 Å². The maximum atomic E-state index is 6.11. The van der Waals surface area contributed by atoms with Crippen molar-refractivity contribution in [2.45, 2.75) is 20.1 Å². The van der Waals surface area contributed by atoms with Gasteiger partial charge in [0, 0.05) is 24.5 Å². The van der Waals surface area contributed by atoms with E-state index in [9.17, 15) is 0 Å². The van der Waals surface area contributed by atoms with Crippen LogP contribution in [0.15, 0.2) is 58.5 Å². The Labute approximate surface area is 165 Å². The third kappa shape index (κ3) is 3.94. The number of morpholine rings is 1. The zero-order valence-corrected chi connectivity index (χ0v) is 16.3. The van der Waals surface area contributed by atoms with Gasteiger partial charge in [-0.3, -0.25) is 4.90 Å². The molecule has 0 aliphatic carbocycles. The van der Waals surface area contributed by atoms with Crippen LogP contribution in [0.1, 0.15) is 11.1 Å². The highest BCUT2D eigenvalue weighted by molar-refractivity contribution is 6.06. The van der Waals surface area contributed by atoms with E-state index in [2.05, 4.69) is 69.3 Å². The molecule has 4 rings (SSSR count). The number of ether oxygens (including phenoxy) is 1. The molecular formula is C21H26N6O. The molecule has 28 heavy (non-hydrogen) atoms. The van der Waals surface area contributed by atoms with Crippen molar-refractivity contribution >= 4 is 23.3 Å². The summed E-state index contributed by atoms with van der Waals surface area (Å²) in [6.45, 7) is 7.07. The van der Waals surface area contributed by atoms with Gasteiger partial charge in [-0.1, -0.05) is 24.3 Å². The minimum atomic E-state index is -0.390. The van der Waals surface area contributed by atoms with Gasteiger partial charge in [-0.15, -0.1) is 0 Å². The third-order valence-corrected chi connectivity index (χ3v) is 4.77. The SMILES string of the molecule is Cc1cc(C)cc(NC2N=C(N)N=C(N3CCOCC3)N2c2ccccc2)c1. The van der Waals surface area contributed by atoms with Crippen LogP contribution in [0.25, 0.3) is 0 Å². The molecule has 2 aromatic rings. The molecule has 0 bridgehead atoms. The Bertz CT molecular complexity index is 869. The summed E-state index contributed by atoms with van der Waals surface area (Å²) in [5.74, 6) is 1.07. The van der Waals surface area contributed by atoms with E-state index >= 15 is 0 Å². The largest absolute Gasteiger partial charge is 0.378 e. The zero-order valence-electron chi connectivity index (χ0n) is 16.3. The number of nitrogens with one attached hydrogen (secondary N) is 1. The second kappa shape index (κ2) is 7.90. The van der Waals surface area contributed by atoms with Crippen LogP contribution in [0.5, 0.6) is 0 Å². The number of anilines is 2. The second-order valence-corrected chi connectivity index (χ2v) is 7.10. The van der Waals surface area contributed by atoms with E-state index in [0.717, 1.165) is 30.4 Å². The van der Waals surface area contributed by atoms with Crippen molar-refractivity contribution in [1.29, 1.82) is 0 Å². The second-order valence-electron chi connectivity index (χ2n) is 7.10. The molecule has 2 heterocycles. The molecule has 2 aliphatic rings. The molecule has 1 unspecified atom stereocenters. The molecule has 2 aliphatic heterocycles. The molecule has 1 fully saturated rings. The van der Waals surface area contributed by atoms with Gasteiger partial charge < -0.3 is 20.7 Å². The van der Waals surface area contributed by atoms with Crippen LogP contribution in [-0.4, -0.2) is 49.4 Å². The van der Waals surface area contributed by atoms with Gasteiger partial charge in [0.15, 0.2) is 0 Å². The van der Waals surface area contributed by atoms with Gasteiger partial charge in [0.2, 0.25) is 18.2 Å². The number of para-hydroxylation sites is 1. The Morgan fingerprint density at radius 2 is 1.71 bits per heavy atom.